The van der Waals surface area contributed by atoms with Gasteiger partial charge < -0.3 is 0 Å². The largest absolute Gasteiger partial charge is 0.278 e. The molecule has 116 valence electrons. The summed E-state index contributed by atoms with van der Waals surface area (Å²) in [4.78, 5) is 12.6. The zero-order valence-corrected chi connectivity index (χ0v) is 13.7. The first-order valence-corrected chi connectivity index (χ1v) is 7.71. The van der Waals surface area contributed by atoms with E-state index in [-0.39, 0.29) is 11.3 Å². The van der Waals surface area contributed by atoms with Gasteiger partial charge in [0.05, 0.1) is 5.69 Å². The zero-order chi connectivity index (χ0) is 16.4. The predicted octanol–water partition coefficient (Wildman–Crippen LogP) is 4.54. The van der Waals surface area contributed by atoms with Crippen molar-refractivity contribution in [2.24, 2.45) is 0 Å². The van der Waals surface area contributed by atoms with Crippen LogP contribution in [0.1, 0.15) is 36.7 Å². The monoisotopic (exact) mass is 304 g/mol. The Kier molecular flexibility index (Phi) is 3.87. The second kappa shape index (κ2) is 5.84. The van der Waals surface area contributed by atoms with Gasteiger partial charge in [0.2, 0.25) is 0 Å². The van der Waals surface area contributed by atoms with Crippen LogP contribution < -0.4 is 0 Å². The lowest BCUT2D eigenvalue weighted by Gasteiger charge is -2.18. The molecule has 0 bridgehead atoms. The number of hydrogen-bond acceptors (Lipinski definition) is 2. The fourth-order valence-corrected chi connectivity index (χ4v) is 2.44. The number of rotatable bonds is 2. The average molecular weight is 304 g/mol. The van der Waals surface area contributed by atoms with Crippen molar-refractivity contribution < 1.29 is 4.79 Å². The normalized spacial score (nSPS) is 11.4. The minimum atomic E-state index is -0.118. The van der Waals surface area contributed by atoms with E-state index in [1.807, 2.05) is 60.7 Å². The van der Waals surface area contributed by atoms with E-state index in [1.165, 1.54) is 10.2 Å². The molecule has 0 atom stereocenters. The van der Waals surface area contributed by atoms with E-state index in [9.17, 15) is 4.79 Å². The van der Waals surface area contributed by atoms with E-state index in [1.54, 1.807) is 6.20 Å². The third-order valence-corrected chi connectivity index (χ3v) is 3.86. The standard InChI is InChI=1S/C20H20N2O/c1-20(2,3)17-11-9-16(10-12-17)19(23)22-14-13-18(21-22)15-7-5-4-6-8-15/h4-14H,1-3H3. The summed E-state index contributed by atoms with van der Waals surface area (Å²) >= 11 is 0. The van der Waals surface area contributed by atoms with Crippen LogP contribution in [-0.2, 0) is 5.41 Å². The first kappa shape index (κ1) is 15.2. The number of hydrogen-bond donors (Lipinski definition) is 0. The number of carbonyl (C=O) groups is 1. The Labute approximate surface area is 136 Å². The molecule has 3 nitrogen and oxygen atoms in total. The maximum atomic E-state index is 12.6. The summed E-state index contributed by atoms with van der Waals surface area (Å²) in [5.74, 6) is -0.118. The van der Waals surface area contributed by atoms with Crippen molar-refractivity contribution in [2.45, 2.75) is 26.2 Å². The molecular formula is C20H20N2O. The molecule has 3 heteroatoms. The number of nitrogens with zero attached hydrogens (tertiary/aromatic N) is 2. The summed E-state index contributed by atoms with van der Waals surface area (Å²) in [6.07, 6.45) is 1.71. The van der Waals surface area contributed by atoms with Crippen LogP contribution in [0.2, 0.25) is 0 Å². The van der Waals surface area contributed by atoms with Crippen molar-refractivity contribution in [3.8, 4) is 11.3 Å². The summed E-state index contributed by atoms with van der Waals surface area (Å²) in [5.41, 5.74) is 3.72. The van der Waals surface area contributed by atoms with Gasteiger partial charge in [-0.05, 0) is 29.2 Å². The molecule has 0 N–H and O–H groups in total. The highest BCUT2D eigenvalue weighted by atomic mass is 16.2. The first-order valence-electron chi connectivity index (χ1n) is 7.71. The Hall–Kier alpha value is -2.68. The third kappa shape index (κ3) is 3.24. The minimum absolute atomic E-state index is 0.0771. The van der Waals surface area contributed by atoms with Crippen molar-refractivity contribution in [3.05, 3.63) is 78.0 Å². The van der Waals surface area contributed by atoms with Gasteiger partial charge in [0.15, 0.2) is 0 Å². The van der Waals surface area contributed by atoms with Gasteiger partial charge in [0, 0.05) is 17.3 Å². The highest BCUT2D eigenvalue weighted by molar-refractivity contribution is 5.95. The van der Waals surface area contributed by atoms with Crippen LogP contribution in [-0.4, -0.2) is 15.7 Å². The molecule has 1 heterocycles. The quantitative estimate of drug-likeness (QED) is 0.697. The van der Waals surface area contributed by atoms with E-state index < -0.39 is 0 Å². The highest BCUT2D eigenvalue weighted by Crippen LogP contribution is 2.22. The minimum Gasteiger partial charge on any atom is -0.267 e. The van der Waals surface area contributed by atoms with E-state index >= 15 is 0 Å². The molecule has 0 saturated heterocycles. The smallest absolute Gasteiger partial charge is 0.267 e. The van der Waals surface area contributed by atoms with Crippen LogP contribution >= 0.6 is 0 Å². The highest BCUT2D eigenvalue weighted by Gasteiger charge is 2.15. The van der Waals surface area contributed by atoms with Gasteiger partial charge in [-0.15, -0.1) is 0 Å². The lowest BCUT2D eigenvalue weighted by atomic mass is 9.87. The van der Waals surface area contributed by atoms with Crippen LogP contribution in [0.4, 0.5) is 0 Å². The molecular weight excluding hydrogens is 284 g/mol. The molecule has 0 amide bonds. The van der Waals surface area contributed by atoms with Crippen molar-refractivity contribution in [1.82, 2.24) is 9.78 Å². The van der Waals surface area contributed by atoms with E-state index in [2.05, 4.69) is 25.9 Å². The number of aromatic nitrogens is 2. The van der Waals surface area contributed by atoms with Gasteiger partial charge in [-0.3, -0.25) is 4.79 Å². The van der Waals surface area contributed by atoms with Gasteiger partial charge in [-0.2, -0.15) is 5.10 Å². The summed E-state index contributed by atoms with van der Waals surface area (Å²) in [6, 6.07) is 19.5. The van der Waals surface area contributed by atoms with Crippen molar-refractivity contribution in [1.29, 1.82) is 0 Å². The molecule has 3 aromatic rings. The maximum absolute atomic E-state index is 12.6. The summed E-state index contributed by atoms with van der Waals surface area (Å²) in [7, 11) is 0. The van der Waals surface area contributed by atoms with Crippen molar-refractivity contribution in [3.63, 3.8) is 0 Å². The van der Waals surface area contributed by atoms with Crippen LogP contribution in [0.5, 0.6) is 0 Å². The lowest BCUT2D eigenvalue weighted by Crippen LogP contribution is -2.14. The third-order valence-electron chi connectivity index (χ3n) is 3.86. The fourth-order valence-electron chi connectivity index (χ4n) is 2.44. The SMILES string of the molecule is CC(C)(C)c1ccc(C(=O)n2ccc(-c3ccccc3)n2)cc1. The molecule has 0 aliphatic carbocycles. The number of benzene rings is 2. The molecule has 23 heavy (non-hydrogen) atoms. The molecule has 0 saturated carbocycles. The Balaban J connectivity index is 1.85. The summed E-state index contributed by atoms with van der Waals surface area (Å²) in [6.45, 7) is 6.47. The topological polar surface area (TPSA) is 34.9 Å². The van der Waals surface area contributed by atoms with Crippen LogP contribution in [0.3, 0.4) is 0 Å². The second-order valence-corrected chi connectivity index (χ2v) is 6.64. The molecule has 0 radical (unpaired) electrons. The van der Waals surface area contributed by atoms with E-state index in [0.29, 0.717) is 5.56 Å². The summed E-state index contributed by atoms with van der Waals surface area (Å²) < 4.78 is 1.40. The van der Waals surface area contributed by atoms with Gasteiger partial charge in [0.25, 0.3) is 5.91 Å². The van der Waals surface area contributed by atoms with Crippen molar-refractivity contribution >= 4 is 5.91 Å². The maximum Gasteiger partial charge on any atom is 0.278 e. The van der Waals surface area contributed by atoms with E-state index in [4.69, 9.17) is 0 Å². The molecule has 0 unspecified atom stereocenters. The van der Waals surface area contributed by atoms with Crippen molar-refractivity contribution in [2.75, 3.05) is 0 Å². The van der Waals surface area contributed by atoms with Crippen LogP contribution in [0.15, 0.2) is 66.9 Å². The Morgan fingerprint density at radius 2 is 1.57 bits per heavy atom. The van der Waals surface area contributed by atoms with Gasteiger partial charge in [0.1, 0.15) is 0 Å². The van der Waals surface area contributed by atoms with Gasteiger partial charge in [-0.1, -0.05) is 63.2 Å². The second-order valence-electron chi connectivity index (χ2n) is 6.64. The Morgan fingerprint density at radius 3 is 2.17 bits per heavy atom. The molecule has 0 fully saturated rings. The zero-order valence-electron chi connectivity index (χ0n) is 13.7. The van der Waals surface area contributed by atoms with Crippen LogP contribution in [0, 0.1) is 0 Å². The fraction of sp³-hybridized carbons (Fsp3) is 0.200. The molecule has 3 rings (SSSR count). The Bertz CT molecular complexity index is 809. The van der Waals surface area contributed by atoms with E-state index in [0.717, 1.165) is 11.3 Å². The molecule has 2 aromatic carbocycles. The first-order chi connectivity index (χ1) is 10.9. The Morgan fingerprint density at radius 1 is 0.913 bits per heavy atom. The predicted molar refractivity (Wildman–Crippen MR) is 92.5 cm³/mol. The van der Waals surface area contributed by atoms with Gasteiger partial charge >= 0.3 is 0 Å². The number of carbonyl (C=O) groups excluding carboxylic acids is 1. The molecule has 0 aliphatic heterocycles. The molecule has 0 spiro atoms. The molecule has 1 aromatic heterocycles. The van der Waals surface area contributed by atoms with Gasteiger partial charge in [-0.25, -0.2) is 4.68 Å². The molecule has 0 aliphatic rings. The summed E-state index contributed by atoms with van der Waals surface area (Å²) in [5, 5.41) is 4.40. The average Bonchev–Trinajstić information content (AvgIpc) is 3.04. The lowest BCUT2D eigenvalue weighted by molar-refractivity contribution is 0.0945. The van der Waals surface area contributed by atoms with Crippen LogP contribution in [0.25, 0.3) is 11.3 Å².